The van der Waals surface area contributed by atoms with Gasteiger partial charge >= 0.3 is 12.1 Å². The molecule has 1 unspecified atom stereocenters. The zero-order chi connectivity index (χ0) is 29.9. The summed E-state index contributed by atoms with van der Waals surface area (Å²) in [6.45, 7) is 2.72. The number of benzene rings is 2. The molecule has 42 heavy (non-hydrogen) atoms. The average Bonchev–Trinajstić information content (AvgIpc) is 3.48. The SMILES string of the molecule is CCOc1ccccc1N1C(=O)NC(=O)C(=Cc2ccc3c(c2)CC2(C(=O)N(C)C(=O)N(C)C2=O)C2CCCN32)C1=O. The number of imide groups is 4. The summed E-state index contributed by atoms with van der Waals surface area (Å²) < 4.78 is 5.59. The number of amides is 8. The minimum absolute atomic E-state index is 0.0621. The van der Waals surface area contributed by atoms with Crippen LogP contribution in [0.5, 0.6) is 5.75 Å². The van der Waals surface area contributed by atoms with Crippen molar-refractivity contribution in [1.82, 2.24) is 15.1 Å². The third-order valence-electron chi connectivity index (χ3n) is 8.47. The Morgan fingerprint density at radius 1 is 0.976 bits per heavy atom. The average molecular weight is 572 g/mol. The van der Waals surface area contributed by atoms with E-state index in [-0.39, 0.29) is 17.7 Å². The summed E-state index contributed by atoms with van der Waals surface area (Å²) >= 11 is 0. The van der Waals surface area contributed by atoms with Gasteiger partial charge < -0.3 is 9.64 Å². The van der Waals surface area contributed by atoms with Crippen molar-refractivity contribution in [3.8, 4) is 5.75 Å². The first-order chi connectivity index (χ1) is 20.1. The Morgan fingerprint density at radius 2 is 1.69 bits per heavy atom. The first-order valence-electron chi connectivity index (χ1n) is 13.7. The zero-order valence-corrected chi connectivity index (χ0v) is 23.4. The first kappa shape index (κ1) is 27.2. The van der Waals surface area contributed by atoms with Crippen LogP contribution in [0.15, 0.2) is 48.0 Å². The molecule has 0 radical (unpaired) electrons. The van der Waals surface area contributed by atoms with E-state index in [0.29, 0.717) is 36.4 Å². The molecule has 1 N–H and O–H groups in total. The summed E-state index contributed by atoms with van der Waals surface area (Å²) in [5.74, 6) is -2.42. The van der Waals surface area contributed by atoms with Crippen LogP contribution in [0.3, 0.4) is 0 Å². The van der Waals surface area contributed by atoms with Crippen LogP contribution in [0.25, 0.3) is 6.08 Å². The molecular formula is C30H29N5O7. The third kappa shape index (κ3) is 3.81. The Morgan fingerprint density at radius 3 is 2.40 bits per heavy atom. The fourth-order valence-electron chi connectivity index (χ4n) is 6.59. The number of hydrogen-bond acceptors (Lipinski definition) is 8. The standard InChI is InChI=1S/C30H29N5O7/c1-4-42-22-9-6-5-8-21(22)35-25(37)19(24(36)31-28(35)40)15-17-11-12-20-18(14-17)16-30(23-10-7-13-34(20)23)26(38)32(2)29(41)33(3)27(30)39/h5-6,8-9,11-12,14-15,23H,4,7,10,13,16H2,1-3H3,(H,31,36,40). The summed E-state index contributed by atoms with van der Waals surface area (Å²) in [6.07, 6.45) is 2.85. The van der Waals surface area contributed by atoms with Crippen molar-refractivity contribution >= 4 is 53.1 Å². The molecule has 8 amide bonds. The van der Waals surface area contributed by atoms with E-state index in [2.05, 4.69) is 5.32 Å². The molecule has 12 heteroatoms. The molecule has 3 saturated heterocycles. The monoisotopic (exact) mass is 571 g/mol. The molecule has 0 aromatic heterocycles. The highest BCUT2D eigenvalue weighted by Crippen LogP contribution is 2.49. The van der Waals surface area contributed by atoms with Gasteiger partial charge in [0.15, 0.2) is 5.41 Å². The van der Waals surface area contributed by atoms with E-state index in [9.17, 15) is 28.8 Å². The number of carbonyl (C=O) groups is 6. The Hall–Kier alpha value is -5.00. The highest BCUT2D eigenvalue weighted by molar-refractivity contribution is 6.39. The Balaban J connectivity index is 1.40. The van der Waals surface area contributed by atoms with Crippen molar-refractivity contribution in [2.75, 3.05) is 37.0 Å². The van der Waals surface area contributed by atoms with E-state index < -0.39 is 47.1 Å². The second-order valence-corrected chi connectivity index (χ2v) is 10.8. The van der Waals surface area contributed by atoms with E-state index in [0.717, 1.165) is 26.8 Å². The lowest BCUT2D eigenvalue weighted by Crippen LogP contribution is -2.70. The van der Waals surface area contributed by atoms with Crippen molar-refractivity contribution in [3.05, 3.63) is 59.2 Å². The van der Waals surface area contributed by atoms with Crippen molar-refractivity contribution in [2.24, 2.45) is 5.41 Å². The minimum Gasteiger partial charge on any atom is -0.492 e. The van der Waals surface area contributed by atoms with Crippen LogP contribution in [0.2, 0.25) is 0 Å². The van der Waals surface area contributed by atoms with E-state index in [1.807, 2.05) is 11.0 Å². The summed E-state index contributed by atoms with van der Waals surface area (Å²) in [5, 5.41) is 2.23. The molecule has 2 aromatic rings. The molecule has 6 rings (SSSR count). The van der Waals surface area contributed by atoms with Gasteiger partial charge in [-0.3, -0.25) is 34.3 Å². The lowest BCUT2D eigenvalue weighted by Gasteiger charge is -2.50. The maximum Gasteiger partial charge on any atom is 0.336 e. The number of rotatable bonds is 4. The van der Waals surface area contributed by atoms with Crippen molar-refractivity contribution < 1.29 is 33.5 Å². The number of fused-ring (bicyclic) bond motifs is 4. The van der Waals surface area contributed by atoms with Crippen LogP contribution in [-0.4, -0.2) is 78.8 Å². The zero-order valence-electron chi connectivity index (χ0n) is 23.4. The molecule has 4 heterocycles. The highest BCUT2D eigenvalue weighted by atomic mass is 16.5. The largest absolute Gasteiger partial charge is 0.492 e. The number of urea groups is 2. The smallest absolute Gasteiger partial charge is 0.336 e. The van der Waals surface area contributed by atoms with Crippen LogP contribution in [0.1, 0.15) is 30.9 Å². The molecule has 216 valence electrons. The summed E-state index contributed by atoms with van der Waals surface area (Å²) in [5.41, 5.74) is 0.469. The van der Waals surface area contributed by atoms with E-state index in [1.54, 1.807) is 43.3 Å². The predicted molar refractivity (Wildman–Crippen MR) is 150 cm³/mol. The summed E-state index contributed by atoms with van der Waals surface area (Å²) in [6, 6.07) is 9.92. The molecule has 4 aliphatic heterocycles. The Bertz CT molecular complexity index is 1590. The third-order valence-corrected chi connectivity index (χ3v) is 8.47. The van der Waals surface area contributed by atoms with Crippen LogP contribution in [0, 0.1) is 5.41 Å². The van der Waals surface area contributed by atoms with Crippen LogP contribution in [0.4, 0.5) is 21.0 Å². The topological polar surface area (TPSA) is 137 Å². The molecule has 2 aromatic carbocycles. The molecule has 3 fully saturated rings. The normalized spacial score (nSPS) is 22.6. The van der Waals surface area contributed by atoms with Gasteiger partial charge in [0.25, 0.3) is 11.8 Å². The van der Waals surface area contributed by atoms with Crippen LogP contribution < -0.4 is 19.9 Å². The van der Waals surface area contributed by atoms with Gasteiger partial charge in [-0.15, -0.1) is 0 Å². The molecule has 1 atom stereocenters. The number of nitrogens with zero attached hydrogens (tertiary/aromatic N) is 4. The number of nitrogens with one attached hydrogen (secondary N) is 1. The fourth-order valence-corrected chi connectivity index (χ4v) is 6.59. The number of barbiturate groups is 2. The van der Waals surface area contributed by atoms with Crippen molar-refractivity contribution in [3.63, 3.8) is 0 Å². The number of para-hydroxylation sites is 2. The van der Waals surface area contributed by atoms with Gasteiger partial charge in [0.05, 0.1) is 18.3 Å². The van der Waals surface area contributed by atoms with E-state index in [1.165, 1.54) is 20.2 Å². The number of ether oxygens (including phenoxy) is 1. The molecule has 4 aliphatic rings. The van der Waals surface area contributed by atoms with Crippen molar-refractivity contribution in [2.45, 2.75) is 32.2 Å². The first-order valence-corrected chi connectivity index (χ1v) is 13.7. The quantitative estimate of drug-likeness (QED) is 0.336. The Labute approximate surface area is 241 Å². The van der Waals surface area contributed by atoms with Gasteiger partial charge in [0.1, 0.15) is 11.3 Å². The van der Waals surface area contributed by atoms with Gasteiger partial charge in [-0.2, -0.15) is 0 Å². The van der Waals surface area contributed by atoms with Crippen LogP contribution in [-0.2, 0) is 25.6 Å². The summed E-state index contributed by atoms with van der Waals surface area (Å²) in [4.78, 5) is 84.0. The lowest BCUT2D eigenvalue weighted by atomic mass is 9.68. The minimum atomic E-state index is -1.48. The van der Waals surface area contributed by atoms with Gasteiger partial charge in [-0.1, -0.05) is 18.2 Å². The van der Waals surface area contributed by atoms with Gasteiger partial charge in [0.2, 0.25) is 11.8 Å². The highest BCUT2D eigenvalue weighted by Gasteiger charge is 2.63. The molecule has 0 aliphatic carbocycles. The van der Waals surface area contributed by atoms with E-state index >= 15 is 0 Å². The molecule has 0 saturated carbocycles. The number of hydrogen-bond donors (Lipinski definition) is 1. The van der Waals surface area contributed by atoms with Gasteiger partial charge in [-0.05, 0) is 67.7 Å². The van der Waals surface area contributed by atoms with Crippen LogP contribution >= 0.6 is 0 Å². The lowest BCUT2D eigenvalue weighted by molar-refractivity contribution is -0.159. The second kappa shape index (κ2) is 9.82. The molecular weight excluding hydrogens is 542 g/mol. The maximum absolute atomic E-state index is 13.7. The molecule has 12 nitrogen and oxygen atoms in total. The summed E-state index contributed by atoms with van der Waals surface area (Å²) in [7, 11) is 2.77. The van der Waals surface area contributed by atoms with Crippen molar-refractivity contribution in [1.29, 1.82) is 0 Å². The molecule has 0 bridgehead atoms. The second-order valence-electron chi connectivity index (χ2n) is 10.8. The predicted octanol–water partition coefficient (Wildman–Crippen LogP) is 2.31. The Kier molecular flexibility index (Phi) is 6.36. The number of anilines is 2. The maximum atomic E-state index is 13.7. The fraction of sp³-hybridized carbons (Fsp3) is 0.333. The van der Waals surface area contributed by atoms with E-state index in [4.69, 9.17) is 4.74 Å². The number of carbonyl (C=O) groups excluding carboxylic acids is 6. The van der Waals surface area contributed by atoms with Gasteiger partial charge in [-0.25, -0.2) is 14.5 Å². The van der Waals surface area contributed by atoms with Gasteiger partial charge in [0, 0.05) is 26.3 Å². The molecule has 1 spiro atoms.